The summed E-state index contributed by atoms with van der Waals surface area (Å²) in [6, 6.07) is 8.41. The summed E-state index contributed by atoms with van der Waals surface area (Å²) < 4.78 is 10.5. The second-order valence-corrected chi connectivity index (χ2v) is 6.86. The van der Waals surface area contributed by atoms with Gasteiger partial charge in [-0.05, 0) is 24.6 Å². The first kappa shape index (κ1) is 18.2. The number of anilines is 2. The number of methoxy groups -OCH3 is 2. The summed E-state index contributed by atoms with van der Waals surface area (Å²) in [6.07, 6.45) is 0. The van der Waals surface area contributed by atoms with Gasteiger partial charge in [-0.3, -0.25) is 9.59 Å². The van der Waals surface area contributed by atoms with E-state index in [1.54, 1.807) is 30.3 Å². The zero-order chi connectivity index (χ0) is 20.0. The Balaban J connectivity index is 1.71. The maximum atomic E-state index is 13.2. The zero-order valence-electron chi connectivity index (χ0n) is 15.4. The fourth-order valence-corrected chi connectivity index (χ4v) is 3.45. The molecule has 0 N–H and O–H groups in total. The Hall–Kier alpha value is -3.13. The Morgan fingerprint density at radius 1 is 0.964 bits per heavy atom. The monoisotopic (exact) mass is 400 g/mol. The SMILES string of the molecule is COc1cc(OC)cc(N2C(=O)[C@@H]3[C@@H](N=NN3c3ccc(C)c(Cl)c3)C2=O)c1. The lowest BCUT2D eigenvalue weighted by atomic mass is 10.1. The number of nitrogens with zero attached hydrogens (tertiary/aromatic N) is 4. The van der Waals surface area contributed by atoms with Crippen LogP contribution in [0.25, 0.3) is 0 Å². The topological polar surface area (TPSA) is 83.8 Å². The zero-order valence-corrected chi connectivity index (χ0v) is 16.2. The van der Waals surface area contributed by atoms with E-state index in [1.165, 1.54) is 19.2 Å². The molecule has 2 aliphatic heterocycles. The first-order valence-electron chi connectivity index (χ1n) is 8.51. The van der Waals surface area contributed by atoms with Crippen LogP contribution in [0.1, 0.15) is 5.56 Å². The second-order valence-electron chi connectivity index (χ2n) is 6.46. The predicted molar refractivity (Wildman–Crippen MR) is 103 cm³/mol. The van der Waals surface area contributed by atoms with Gasteiger partial charge in [0.1, 0.15) is 11.5 Å². The Bertz CT molecular complexity index is 987. The number of carbonyl (C=O) groups excluding carboxylic acids is 2. The molecule has 2 heterocycles. The summed E-state index contributed by atoms with van der Waals surface area (Å²) >= 11 is 6.20. The van der Waals surface area contributed by atoms with Gasteiger partial charge in [0.05, 0.1) is 25.6 Å². The van der Waals surface area contributed by atoms with E-state index >= 15 is 0 Å². The lowest BCUT2D eigenvalue weighted by Gasteiger charge is -2.21. The minimum absolute atomic E-state index is 0.359. The molecule has 28 heavy (non-hydrogen) atoms. The molecule has 144 valence electrons. The third-order valence-corrected chi connectivity index (χ3v) is 5.20. The maximum Gasteiger partial charge on any atom is 0.263 e. The molecule has 0 spiro atoms. The summed E-state index contributed by atoms with van der Waals surface area (Å²) in [5.74, 6) is 0.0633. The van der Waals surface area contributed by atoms with Crippen molar-refractivity contribution in [3.63, 3.8) is 0 Å². The summed E-state index contributed by atoms with van der Waals surface area (Å²) in [7, 11) is 3.00. The Kier molecular flexibility index (Phi) is 4.43. The van der Waals surface area contributed by atoms with E-state index in [4.69, 9.17) is 21.1 Å². The Morgan fingerprint density at radius 2 is 1.64 bits per heavy atom. The second kappa shape index (κ2) is 6.79. The van der Waals surface area contributed by atoms with E-state index in [9.17, 15) is 9.59 Å². The Morgan fingerprint density at radius 3 is 2.25 bits per heavy atom. The van der Waals surface area contributed by atoms with E-state index < -0.39 is 23.9 Å². The first-order valence-corrected chi connectivity index (χ1v) is 8.89. The van der Waals surface area contributed by atoms with Crippen LogP contribution in [-0.2, 0) is 9.59 Å². The number of ether oxygens (including phenoxy) is 2. The van der Waals surface area contributed by atoms with Crippen LogP contribution in [0.4, 0.5) is 11.4 Å². The highest BCUT2D eigenvalue weighted by atomic mass is 35.5. The molecule has 4 rings (SSSR count). The molecule has 1 saturated heterocycles. The molecule has 2 aliphatic rings. The highest BCUT2D eigenvalue weighted by Crippen LogP contribution is 2.38. The van der Waals surface area contributed by atoms with Crippen molar-refractivity contribution in [2.24, 2.45) is 10.3 Å². The van der Waals surface area contributed by atoms with Gasteiger partial charge in [0.25, 0.3) is 11.8 Å². The molecule has 8 nitrogen and oxygen atoms in total. The summed E-state index contributed by atoms with van der Waals surface area (Å²) in [4.78, 5) is 27.2. The van der Waals surface area contributed by atoms with Crippen molar-refractivity contribution in [2.45, 2.75) is 19.0 Å². The van der Waals surface area contributed by atoms with Crippen LogP contribution in [-0.4, -0.2) is 38.1 Å². The molecule has 0 radical (unpaired) electrons. The van der Waals surface area contributed by atoms with Crippen LogP contribution in [0.3, 0.4) is 0 Å². The summed E-state index contributed by atoms with van der Waals surface area (Å²) in [5, 5.41) is 10.1. The third-order valence-electron chi connectivity index (χ3n) is 4.80. The molecule has 0 aromatic heterocycles. The quantitative estimate of drug-likeness (QED) is 0.736. The van der Waals surface area contributed by atoms with Gasteiger partial charge in [-0.15, -0.1) is 0 Å². The van der Waals surface area contributed by atoms with Crippen molar-refractivity contribution in [3.8, 4) is 11.5 Å². The van der Waals surface area contributed by atoms with Crippen LogP contribution in [0.2, 0.25) is 5.02 Å². The van der Waals surface area contributed by atoms with Gasteiger partial charge in [0.2, 0.25) is 0 Å². The van der Waals surface area contributed by atoms with Crippen molar-refractivity contribution in [1.82, 2.24) is 0 Å². The maximum absolute atomic E-state index is 13.2. The molecule has 2 aromatic rings. The molecule has 2 amide bonds. The molecule has 2 atom stereocenters. The first-order chi connectivity index (χ1) is 13.4. The van der Waals surface area contributed by atoms with Gasteiger partial charge < -0.3 is 9.47 Å². The van der Waals surface area contributed by atoms with Crippen LogP contribution >= 0.6 is 11.6 Å². The highest BCUT2D eigenvalue weighted by Gasteiger charge is 2.55. The number of hydrogen-bond donors (Lipinski definition) is 0. The van der Waals surface area contributed by atoms with E-state index in [0.717, 1.165) is 10.5 Å². The van der Waals surface area contributed by atoms with Gasteiger partial charge in [-0.25, -0.2) is 9.91 Å². The molecule has 0 unspecified atom stereocenters. The Labute approximate surface area is 166 Å². The number of hydrogen-bond acceptors (Lipinski definition) is 7. The van der Waals surface area contributed by atoms with Crippen LogP contribution in [0.5, 0.6) is 11.5 Å². The van der Waals surface area contributed by atoms with Gasteiger partial charge >= 0.3 is 0 Å². The third kappa shape index (κ3) is 2.77. The number of fused-ring (bicyclic) bond motifs is 1. The van der Waals surface area contributed by atoms with Crippen LogP contribution in [0.15, 0.2) is 46.7 Å². The predicted octanol–water partition coefficient (Wildman–Crippen LogP) is 3.16. The number of imide groups is 1. The van der Waals surface area contributed by atoms with Crippen molar-refractivity contribution >= 4 is 34.8 Å². The van der Waals surface area contributed by atoms with Gasteiger partial charge in [0, 0.05) is 23.2 Å². The van der Waals surface area contributed by atoms with E-state index in [2.05, 4.69) is 10.3 Å². The number of amides is 2. The standard InChI is InChI=1S/C19H17ClN4O4/c1-10-4-5-11(8-15(10)20)24-17-16(21-22-24)18(25)23(19(17)26)12-6-13(27-2)9-14(7-12)28-3/h4-9,16-17H,1-3H3/t16-,17+/m1/s1. The average Bonchev–Trinajstić information content (AvgIpc) is 3.24. The van der Waals surface area contributed by atoms with Crippen molar-refractivity contribution in [2.75, 3.05) is 24.1 Å². The normalized spacial score (nSPS) is 20.7. The molecular formula is C19H17ClN4O4. The number of carbonyl (C=O) groups is 2. The molecule has 0 saturated carbocycles. The summed E-state index contributed by atoms with van der Waals surface area (Å²) in [5.41, 5.74) is 1.85. The number of rotatable bonds is 4. The lowest BCUT2D eigenvalue weighted by Crippen LogP contribution is -2.39. The van der Waals surface area contributed by atoms with Crippen LogP contribution < -0.4 is 19.4 Å². The lowest BCUT2D eigenvalue weighted by molar-refractivity contribution is -0.121. The fraction of sp³-hybridized carbons (Fsp3) is 0.263. The summed E-state index contributed by atoms with van der Waals surface area (Å²) in [6.45, 7) is 1.88. The molecule has 1 fully saturated rings. The molecular weight excluding hydrogens is 384 g/mol. The smallest absolute Gasteiger partial charge is 0.263 e. The van der Waals surface area contributed by atoms with E-state index in [1.807, 2.05) is 13.0 Å². The van der Waals surface area contributed by atoms with Crippen molar-refractivity contribution in [1.29, 1.82) is 0 Å². The molecule has 2 aromatic carbocycles. The number of benzene rings is 2. The largest absolute Gasteiger partial charge is 0.497 e. The molecule has 0 aliphatic carbocycles. The number of aryl methyl sites for hydroxylation is 1. The van der Waals surface area contributed by atoms with E-state index in [-0.39, 0.29) is 0 Å². The van der Waals surface area contributed by atoms with Gasteiger partial charge in [0.15, 0.2) is 12.1 Å². The molecule has 0 bridgehead atoms. The molecule has 9 heteroatoms. The van der Waals surface area contributed by atoms with Crippen molar-refractivity contribution in [3.05, 3.63) is 47.0 Å². The van der Waals surface area contributed by atoms with Gasteiger partial charge in [-0.2, -0.15) is 5.11 Å². The fourth-order valence-electron chi connectivity index (χ4n) is 3.27. The average molecular weight is 401 g/mol. The van der Waals surface area contributed by atoms with Crippen molar-refractivity contribution < 1.29 is 19.1 Å². The van der Waals surface area contributed by atoms with Gasteiger partial charge in [-0.1, -0.05) is 22.9 Å². The highest BCUT2D eigenvalue weighted by molar-refractivity contribution is 6.31. The van der Waals surface area contributed by atoms with Crippen LogP contribution in [0, 0.1) is 6.92 Å². The minimum Gasteiger partial charge on any atom is -0.497 e. The van der Waals surface area contributed by atoms with E-state index in [0.29, 0.717) is 27.9 Å². The minimum atomic E-state index is -0.912. The number of halogens is 1.